The molecule has 1 N–H and O–H groups in total. The molecule has 0 amide bonds. The second-order valence-electron chi connectivity index (χ2n) is 4.41. The summed E-state index contributed by atoms with van der Waals surface area (Å²) >= 11 is 0. The number of rotatable bonds is 7. The molecule has 1 aliphatic heterocycles. The molecule has 0 aromatic rings. The van der Waals surface area contributed by atoms with Gasteiger partial charge in [0.25, 0.3) is 0 Å². The molecule has 0 bridgehead atoms. The molecule has 0 unspecified atom stereocenters. The highest BCUT2D eigenvalue weighted by Crippen LogP contribution is 2.19. The molecule has 1 fully saturated rings. The minimum absolute atomic E-state index is 1.04. The van der Waals surface area contributed by atoms with Crippen molar-refractivity contribution in [3.05, 3.63) is 0 Å². The van der Waals surface area contributed by atoms with Gasteiger partial charge in [0.05, 0.1) is 0 Å². The van der Waals surface area contributed by atoms with Gasteiger partial charge in [-0.05, 0) is 38.0 Å². The molecule has 4 nitrogen and oxygen atoms in total. The number of nitrogens with one attached hydrogen (secondary N) is 1. The van der Waals surface area contributed by atoms with E-state index in [0.29, 0.717) is 0 Å². The van der Waals surface area contributed by atoms with Gasteiger partial charge in [0.2, 0.25) is 0 Å². The van der Waals surface area contributed by atoms with Crippen LogP contribution in [0.3, 0.4) is 0 Å². The van der Waals surface area contributed by atoms with Gasteiger partial charge in [-0.2, -0.15) is 0 Å². The summed E-state index contributed by atoms with van der Waals surface area (Å²) < 4.78 is 11.2. The third-order valence-electron chi connectivity index (χ3n) is 3.48. The molecule has 0 spiro atoms. The first-order valence-corrected chi connectivity index (χ1v) is 8.53. The summed E-state index contributed by atoms with van der Waals surface area (Å²) in [6.07, 6.45) is 2.45. The maximum Gasteiger partial charge on any atom is 0.337 e. The fourth-order valence-electron chi connectivity index (χ4n) is 2.26. The average molecular weight is 246 g/mol. The lowest BCUT2D eigenvalue weighted by Gasteiger charge is -2.30. The Bertz CT molecular complexity index is 175. The monoisotopic (exact) mass is 246 g/mol. The van der Waals surface area contributed by atoms with E-state index in [1.165, 1.54) is 25.9 Å². The summed E-state index contributed by atoms with van der Waals surface area (Å²) in [6.45, 7) is 6.77. The Morgan fingerprint density at radius 2 is 2.06 bits per heavy atom. The Morgan fingerprint density at radius 1 is 1.31 bits per heavy atom. The van der Waals surface area contributed by atoms with Crippen LogP contribution in [-0.4, -0.2) is 54.0 Å². The van der Waals surface area contributed by atoms with Crippen LogP contribution >= 0.6 is 0 Å². The normalized spacial score (nSPS) is 18.9. The highest BCUT2D eigenvalue weighted by atomic mass is 28.4. The zero-order valence-electron chi connectivity index (χ0n) is 10.9. The Kier molecular flexibility index (Phi) is 6.53. The molecule has 1 aliphatic rings. The van der Waals surface area contributed by atoms with E-state index in [4.69, 9.17) is 8.85 Å². The predicted octanol–water partition coefficient (Wildman–Crippen LogP) is 1.38. The first-order chi connectivity index (χ1) is 7.76. The highest BCUT2D eigenvalue weighted by molar-refractivity contribution is 6.67. The van der Waals surface area contributed by atoms with Crippen molar-refractivity contribution in [2.75, 3.05) is 40.5 Å². The molecular weight excluding hydrogens is 220 g/mol. The van der Waals surface area contributed by atoms with Crippen LogP contribution < -0.4 is 5.32 Å². The van der Waals surface area contributed by atoms with Gasteiger partial charge in [0.15, 0.2) is 0 Å². The van der Waals surface area contributed by atoms with E-state index in [1.807, 2.05) is 0 Å². The van der Waals surface area contributed by atoms with Crippen molar-refractivity contribution in [1.29, 1.82) is 0 Å². The van der Waals surface area contributed by atoms with Gasteiger partial charge in [-0.3, -0.25) is 4.90 Å². The smallest absolute Gasteiger partial charge is 0.337 e. The first-order valence-electron chi connectivity index (χ1n) is 6.29. The highest BCUT2D eigenvalue weighted by Gasteiger charge is 2.32. The van der Waals surface area contributed by atoms with Crippen LogP contribution in [-0.2, 0) is 8.85 Å². The SMILES string of the molecule is CC[Si](CCCN1CCCNC1)(OC)OC. The van der Waals surface area contributed by atoms with Crippen LogP contribution in [0.1, 0.15) is 19.8 Å². The lowest BCUT2D eigenvalue weighted by Crippen LogP contribution is -2.43. The maximum atomic E-state index is 5.61. The van der Waals surface area contributed by atoms with Crippen molar-refractivity contribution < 1.29 is 8.85 Å². The Hall–Kier alpha value is 0.0569. The van der Waals surface area contributed by atoms with E-state index < -0.39 is 8.56 Å². The zero-order chi connectivity index (χ0) is 11.9. The van der Waals surface area contributed by atoms with Gasteiger partial charge in [0, 0.05) is 27.4 Å². The molecule has 0 atom stereocenters. The molecule has 0 radical (unpaired) electrons. The van der Waals surface area contributed by atoms with Crippen LogP contribution in [0.25, 0.3) is 0 Å². The summed E-state index contributed by atoms with van der Waals surface area (Å²) in [6, 6.07) is 2.14. The van der Waals surface area contributed by atoms with Crippen molar-refractivity contribution in [1.82, 2.24) is 10.2 Å². The summed E-state index contributed by atoms with van der Waals surface area (Å²) in [4.78, 5) is 2.48. The van der Waals surface area contributed by atoms with E-state index in [1.54, 1.807) is 14.2 Å². The third-order valence-corrected chi connectivity index (χ3v) is 7.16. The Morgan fingerprint density at radius 3 is 2.56 bits per heavy atom. The second-order valence-corrected chi connectivity index (χ2v) is 8.25. The van der Waals surface area contributed by atoms with Crippen molar-refractivity contribution in [3.63, 3.8) is 0 Å². The molecule has 5 heteroatoms. The predicted molar refractivity (Wildman–Crippen MR) is 68.7 cm³/mol. The van der Waals surface area contributed by atoms with Gasteiger partial charge in [-0.15, -0.1) is 0 Å². The average Bonchev–Trinajstić information content (AvgIpc) is 2.37. The molecule has 96 valence electrons. The number of nitrogens with zero attached hydrogens (tertiary/aromatic N) is 1. The molecule has 16 heavy (non-hydrogen) atoms. The van der Waals surface area contributed by atoms with Crippen molar-refractivity contribution >= 4 is 8.56 Å². The summed E-state index contributed by atoms with van der Waals surface area (Å²) in [7, 11) is 1.74. The zero-order valence-corrected chi connectivity index (χ0v) is 11.9. The van der Waals surface area contributed by atoms with Crippen molar-refractivity contribution in [3.8, 4) is 0 Å². The van der Waals surface area contributed by atoms with Crippen molar-refractivity contribution in [2.24, 2.45) is 0 Å². The van der Waals surface area contributed by atoms with Crippen LogP contribution in [0.5, 0.6) is 0 Å². The van der Waals surface area contributed by atoms with Crippen LogP contribution in [0.15, 0.2) is 0 Å². The van der Waals surface area contributed by atoms with E-state index in [0.717, 1.165) is 25.3 Å². The number of hydrogen-bond acceptors (Lipinski definition) is 4. The van der Waals surface area contributed by atoms with Gasteiger partial charge in [-0.25, -0.2) is 0 Å². The summed E-state index contributed by atoms with van der Waals surface area (Å²) in [5, 5.41) is 3.40. The van der Waals surface area contributed by atoms with E-state index in [2.05, 4.69) is 17.1 Å². The van der Waals surface area contributed by atoms with Gasteiger partial charge >= 0.3 is 8.56 Å². The first kappa shape index (κ1) is 14.1. The molecule has 0 aromatic heterocycles. The second kappa shape index (κ2) is 7.40. The quantitative estimate of drug-likeness (QED) is 0.688. The Labute approximate surface area is 101 Å². The minimum Gasteiger partial charge on any atom is -0.398 e. The minimum atomic E-state index is -1.85. The number of hydrogen-bond donors (Lipinski definition) is 1. The standard InChI is InChI=1S/C11H26N2O2Si/c1-4-16(14-2,15-3)10-6-9-13-8-5-7-12-11-13/h12H,4-11H2,1-3H3. The van der Waals surface area contributed by atoms with E-state index in [9.17, 15) is 0 Å². The lowest BCUT2D eigenvalue weighted by atomic mass is 10.3. The van der Waals surface area contributed by atoms with Crippen molar-refractivity contribution in [2.45, 2.75) is 31.9 Å². The lowest BCUT2D eigenvalue weighted by molar-refractivity contribution is 0.207. The van der Waals surface area contributed by atoms with E-state index in [-0.39, 0.29) is 0 Å². The maximum absolute atomic E-state index is 5.61. The van der Waals surface area contributed by atoms with Crippen LogP contribution in [0.2, 0.25) is 12.1 Å². The largest absolute Gasteiger partial charge is 0.398 e. The topological polar surface area (TPSA) is 33.7 Å². The van der Waals surface area contributed by atoms with E-state index >= 15 is 0 Å². The van der Waals surface area contributed by atoms with Gasteiger partial charge in [0.1, 0.15) is 0 Å². The molecule has 1 heterocycles. The van der Waals surface area contributed by atoms with Crippen LogP contribution in [0.4, 0.5) is 0 Å². The summed E-state index contributed by atoms with van der Waals surface area (Å²) in [5.41, 5.74) is 0. The Balaban J connectivity index is 2.21. The molecule has 1 rings (SSSR count). The summed E-state index contributed by atoms with van der Waals surface area (Å²) in [5.74, 6) is 0. The van der Waals surface area contributed by atoms with Gasteiger partial charge < -0.3 is 14.2 Å². The molecule has 1 saturated heterocycles. The molecule has 0 aromatic carbocycles. The molecule has 0 saturated carbocycles. The van der Waals surface area contributed by atoms with Crippen LogP contribution in [0, 0.1) is 0 Å². The third kappa shape index (κ3) is 4.14. The molecule has 0 aliphatic carbocycles. The fourth-order valence-corrected chi connectivity index (χ4v) is 4.46. The van der Waals surface area contributed by atoms with Gasteiger partial charge in [-0.1, -0.05) is 6.92 Å². The fraction of sp³-hybridized carbons (Fsp3) is 1.00. The molecular formula is C11H26N2O2Si.